The normalized spacial score (nSPS) is 9.08. The molecule has 6 aromatic rings. The van der Waals surface area contributed by atoms with E-state index in [1.807, 2.05) is 24.3 Å². The maximum Gasteiger partial charge on any atom is 1.00 e. The van der Waals surface area contributed by atoms with Crippen molar-refractivity contribution in [1.29, 1.82) is 0 Å². The number of halogens is 1. The van der Waals surface area contributed by atoms with Crippen LogP contribution in [0.4, 0.5) is 17.1 Å². The zero-order valence-electron chi connectivity index (χ0n) is 25.7. The van der Waals surface area contributed by atoms with Crippen molar-refractivity contribution < 1.29 is 92.9 Å². The summed E-state index contributed by atoms with van der Waals surface area (Å²) in [5.74, 6) is 2.57. The van der Waals surface area contributed by atoms with Crippen molar-refractivity contribution in [3.63, 3.8) is 0 Å². The fraction of sp³-hybridized carbons (Fsp3) is 0. The van der Waals surface area contributed by atoms with E-state index in [4.69, 9.17) is 26.8 Å². The number of benzene rings is 3. The Labute approximate surface area is 339 Å². The summed E-state index contributed by atoms with van der Waals surface area (Å²) in [4.78, 5) is 31.0. The summed E-state index contributed by atoms with van der Waals surface area (Å²) < 4.78 is 10.9. The molecule has 2 N–H and O–H groups in total. The molecule has 3 heterocycles. The number of non-ortho nitro benzene ring substituents is 2. The molecular weight excluding hydrogens is 730 g/mol. The van der Waals surface area contributed by atoms with Crippen LogP contribution in [0.25, 0.3) is 0 Å². The monoisotopic (exact) mass is 755 g/mol. The van der Waals surface area contributed by atoms with Crippen molar-refractivity contribution in [2.24, 2.45) is 0 Å². The number of nitrogen functional groups attached to an aromatic ring is 1. The van der Waals surface area contributed by atoms with E-state index in [-0.39, 0.29) is 85.6 Å². The van der Waals surface area contributed by atoms with Gasteiger partial charge in [0.25, 0.3) is 11.4 Å². The summed E-state index contributed by atoms with van der Waals surface area (Å²) in [6.07, 6.45) is 9.43. The van der Waals surface area contributed by atoms with Gasteiger partial charge >= 0.3 is 51.4 Å². The zero-order chi connectivity index (χ0) is 33.9. The van der Waals surface area contributed by atoms with Crippen LogP contribution in [0.2, 0.25) is 5.02 Å². The third-order valence-corrected chi connectivity index (χ3v) is 5.59. The van der Waals surface area contributed by atoms with Gasteiger partial charge in [0.05, 0.1) is 22.2 Å². The molecule has 0 aliphatic rings. The van der Waals surface area contributed by atoms with Gasteiger partial charge in [0.2, 0.25) is 0 Å². The standard InChI is InChI=1S/C11H8N2O3.C11H10N2O.C6H4ClNO2.C5H5NO.Cu.K/c14-13(15)9-3-5-10(6-4-9)16-11-2-1-7-12-8-11;12-9-3-5-10(6-4-9)14-11-2-1-7-13-8-11;7-5-1-3-6(4-2-5)8(9)10;7-5-2-1-3-6-4-5;;/h1-8H;1-8H,12H2;1-4H;1-4,7H;;/q;;;;;+1/p-1. The number of hydrogen-bond acceptors (Lipinski definition) is 11. The van der Waals surface area contributed by atoms with Crippen LogP contribution in [-0.2, 0) is 17.1 Å². The van der Waals surface area contributed by atoms with Gasteiger partial charge in [0, 0.05) is 76.8 Å². The van der Waals surface area contributed by atoms with E-state index in [1.165, 1.54) is 48.7 Å². The van der Waals surface area contributed by atoms with E-state index in [9.17, 15) is 25.3 Å². The number of aromatic nitrogens is 3. The first-order valence-corrected chi connectivity index (χ1v) is 13.8. The summed E-state index contributed by atoms with van der Waals surface area (Å²) >= 11 is 5.49. The molecule has 6 rings (SSSR count). The fourth-order valence-corrected chi connectivity index (χ4v) is 3.29. The van der Waals surface area contributed by atoms with Gasteiger partial charge < -0.3 is 20.3 Å². The summed E-state index contributed by atoms with van der Waals surface area (Å²) in [5, 5.41) is 31.2. The maximum absolute atomic E-state index is 10.4. The SMILES string of the molecule is Nc1ccc(Oc2cccnc2)cc1.O=[N+]([O-])c1ccc(Cl)cc1.O=[N+]([O-])c1ccc(Oc2cccnc2)cc1.[Cu].[K+].[O-]c1cccnc1. The maximum atomic E-state index is 10.4. The van der Waals surface area contributed by atoms with Crippen molar-refractivity contribution in [2.75, 3.05) is 5.73 Å². The van der Waals surface area contributed by atoms with Crippen molar-refractivity contribution in [2.45, 2.75) is 0 Å². The smallest absolute Gasteiger partial charge is 0.871 e. The summed E-state index contributed by atoms with van der Waals surface area (Å²) in [6, 6.07) is 29.1. The molecule has 13 nitrogen and oxygen atoms in total. The Hall–Kier alpha value is -4.44. The summed E-state index contributed by atoms with van der Waals surface area (Å²) in [7, 11) is 0. The van der Waals surface area contributed by atoms with Crippen molar-refractivity contribution in [3.05, 3.63) is 172 Å². The Morgan fingerprint density at radius 1 is 0.571 bits per heavy atom. The molecule has 16 heteroatoms. The van der Waals surface area contributed by atoms with E-state index in [2.05, 4.69) is 15.0 Å². The van der Waals surface area contributed by atoms with Crippen molar-refractivity contribution >= 4 is 28.7 Å². The fourth-order valence-electron chi connectivity index (χ4n) is 3.17. The number of nitro groups is 2. The number of ether oxygens (including phenoxy) is 2. The second kappa shape index (κ2) is 23.8. The Morgan fingerprint density at radius 2 is 0.959 bits per heavy atom. The molecule has 0 saturated heterocycles. The van der Waals surface area contributed by atoms with Crippen LogP contribution in [0.15, 0.2) is 146 Å². The van der Waals surface area contributed by atoms with Crippen LogP contribution in [-0.4, -0.2) is 24.8 Å². The molecule has 0 unspecified atom stereocenters. The molecule has 0 spiro atoms. The minimum atomic E-state index is -0.462. The minimum absolute atomic E-state index is 0. The number of nitrogens with two attached hydrogens (primary N) is 1. The van der Waals surface area contributed by atoms with Gasteiger partial charge in [-0.3, -0.25) is 35.2 Å². The quantitative estimate of drug-likeness (QED) is 0.108. The summed E-state index contributed by atoms with van der Waals surface area (Å²) in [6.45, 7) is 0. The van der Waals surface area contributed by atoms with Crippen molar-refractivity contribution in [3.8, 4) is 28.7 Å². The predicted octanol–water partition coefficient (Wildman–Crippen LogP) is 4.64. The number of rotatable bonds is 6. The third-order valence-electron chi connectivity index (χ3n) is 5.34. The molecule has 49 heavy (non-hydrogen) atoms. The van der Waals surface area contributed by atoms with E-state index >= 15 is 0 Å². The average Bonchev–Trinajstić information content (AvgIpc) is 3.08. The molecule has 0 fully saturated rings. The van der Waals surface area contributed by atoms with Gasteiger partial charge in [0.15, 0.2) is 0 Å². The first kappa shape index (κ1) is 42.6. The number of hydrogen-bond donors (Lipinski definition) is 1. The van der Waals surface area contributed by atoms with Crippen LogP contribution in [0, 0.1) is 20.2 Å². The van der Waals surface area contributed by atoms with Crippen LogP contribution in [0.5, 0.6) is 28.7 Å². The average molecular weight is 757 g/mol. The molecular formula is C33H26ClCuKN6O7. The number of nitrogens with zero attached hydrogens (tertiary/aromatic N) is 5. The Balaban J connectivity index is 0.000000335. The molecule has 3 aromatic carbocycles. The Kier molecular flexibility index (Phi) is 20.7. The van der Waals surface area contributed by atoms with Gasteiger partial charge in [0.1, 0.15) is 23.0 Å². The zero-order valence-corrected chi connectivity index (χ0v) is 30.5. The molecule has 0 bridgehead atoms. The molecule has 0 aliphatic heterocycles. The molecule has 1 radical (unpaired) electrons. The first-order valence-electron chi connectivity index (χ1n) is 13.4. The third kappa shape index (κ3) is 17.5. The molecule has 3 aromatic heterocycles. The van der Waals surface area contributed by atoms with Crippen LogP contribution in [0.1, 0.15) is 0 Å². The number of nitro benzene ring substituents is 2. The van der Waals surface area contributed by atoms with E-state index < -0.39 is 9.85 Å². The van der Waals surface area contributed by atoms with Gasteiger partial charge in [-0.1, -0.05) is 23.4 Å². The van der Waals surface area contributed by atoms with Crippen molar-refractivity contribution in [1.82, 2.24) is 15.0 Å². The first-order chi connectivity index (χ1) is 22.7. The molecule has 249 valence electrons. The Morgan fingerprint density at radius 3 is 1.29 bits per heavy atom. The van der Waals surface area contributed by atoms with E-state index in [1.54, 1.807) is 73.4 Å². The van der Waals surface area contributed by atoms with Gasteiger partial charge in [-0.2, -0.15) is 0 Å². The molecule has 0 amide bonds. The largest absolute Gasteiger partial charge is 1.00 e. The van der Waals surface area contributed by atoms with Crippen LogP contribution < -0.4 is 71.7 Å². The Bertz CT molecular complexity index is 1800. The topological polar surface area (TPSA) is 192 Å². The number of anilines is 1. The van der Waals surface area contributed by atoms with Gasteiger partial charge in [-0.25, -0.2) is 0 Å². The molecule has 0 saturated carbocycles. The minimum Gasteiger partial charge on any atom is -0.871 e. The molecule has 0 atom stereocenters. The summed E-state index contributed by atoms with van der Waals surface area (Å²) in [5.41, 5.74) is 6.38. The van der Waals surface area contributed by atoms with Crippen LogP contribution >= 0.6 is 11.6 Å². The molecule has 0 aliphatic carbocycles. The second-order valence-corrected chi connectivity index (χ2v) is 9.26. The number of pyridine rings is 3. The van der Waals surface area contributed by atoms with Gasteiger partial charge in [-0.15, -0.1) is 0 Å². The van der Waals surface area contributed by atoms with Crippen LogP contribution in [0.3, 0.4) is 0 Å². The van der Waals surface area contributed by atoms with E-state index in [0.717, 1.165) is 17.2 Å². The van der Waals surface area contributed by atoms with E-state index in [0.29, 0.717) is 16.5 Å². The second-order valence-electron chi connectivity index (χ2n) is 8.82. The predicted molar refractivity (Wildman–Crippen MR) is 174 cm³/mol. The van der Waals surface area contributed by atoms with Gasteiger partial charge in [-0.05, 0) is 78.9 Å².